The number of hydrogen-bond acceptors (Lipinski definition) is 3. The van der Waals surface area contributed by atoms with Crippen LogP contribution in [0.4, 0.5) is 0 Å². The third-order valence-corrected chi connectivity index (χ3v) is 4.84. The second kappa shape index (κ2) is 6.10. The molecule has 6 heteroatoms. The van der Waals surface area contributed by atoms with E-state index in [9.17, 15) is 4.79 Å². The van der Waals surface area contributed by atoms with Crippen molar-refractivity contribution in [3.05, 3.63) is 22.4 Å². The number of halogens is 1. The van der Waals surface area contributed by atoms with Gasteiger partial charge in [0, 0.05) is 62.0 Å². The number of piperazine rings is 1. The van der Waals surface area contributed by atoms with Gasteiger partial charge in [0.05, 0.1) is 0 Å². The largest absolute Gasteiger partial charge is 0.340 e. The molecular weight excluding hydrogens is 332 g/mol. The maximum atomic E-state index is 12.6. The molecular formula is C15H23BrN4O. The van der Waals surface area contributed by atoms with Gasteiger partial charge < -0.3 is 14.8 Å². The molecule has 0 saturated carbocycles. The summed E-state index contributed by atoms with van der Waals surface area (Å²) in [6, 6.07) is 2.77. The van der Waals surface area contributed by atoms with Crippen LogP contribution in [0.5, 0.6) is 0 Å². The van der Waals surface area contributed by atoms with Crippen LogP contribution in [0, 0.1) is 0 Å². The van der Waals surface area contributed by atoms with Crippen LogP contribution in [0.25, 0.3) is 0 Å². The molecule has 2 fully saturated rings. The van der Waals surface area contributed by atoms with Crippen LogP contribution in [0.3, 0.4) is 0 Å². The van der Waals surface area contributed by atoms with Gasteiger partial charge in [-0.05, 0) is 35.8 Å². The molecule has 0 aromatic carbocycles. The molecule has 116 valence electrons. The summed E-state index contributed by atoms with van der Waals surface area (Å²) < 4.78 is 3.02. The zero-order valence-electron chi connectivity index (χ0n) is 12.7. The van der Waals surface area contributed by atoms with Crippen LogP contribution in [-0.4, -0.2) is 65.6 Å². The lowest BCUT2D eigenvalue weighted by atomic mass is 10.1. The van der Waals surface area contributed by atoms with Crippen molar-refractivity contribution in [1.29, 1.82) is 0 Å². The fraction of sp³-hybridized carbons (Fsp3) is 0.667. The lowest BCUT2D eigenvalue weighted by Crippen LogP contribution is -2.64. The van der Waals surface area contributed by atoms with Crippen LogP contribution in [0.2, 0.25) is 0 Å². The number of rotatable bonds is 3. The zero-order chi connectivity index (χ0) is 15.0. The molecule has 0 radical (unpaired) electrons. The molecule has 1 aromatic rings. The summed E-state index contributed by atoms with van der Waals surface area (Å²) >= 11 is 3.48. The second-order valence-electron chi connectivity index (χ2n) is 6.19. The zero-order valence-corrected chi connectivity index (χ0v) is 14.3. The molecule has 0 bridgehead atoms. The fourth-order valence-corrected chi connectivity index (χ4v) is 3.54. The highest BCUT2D eigenvalue weighted by molar-refractivity contribution is 9.10. The number of likely N-dealkylation sites (tertiary alicyclic amines) is 1. The Bertz CT molecular complexity index is 516. The Labute approximate surface area is 134 Å². The molecule has 1 aromatic heterocycles. The standard InChI is InChI=1S/C15H23BrN4O/c1-11(2)20-8-12(16)7-14(20)15(21)19-9-13(10-19)18-5-3-17-4-6-18/h7-8,11,13,17H,3-6,9-10H2,1-2H3. The molecule has 5 nitrogen and oxygen atoms in total. The minimum atomic E-state index is 0.154. The molecule has 1 N–H and O–H groups in total. The summed E-state index contributed by atoms with van der Waals surface area (Å²) in [5.41, 5.74) is 0.788. The summed E-state index contributed by atoms with van der Waals surface area (Å²) in [7, 11) is 0. The van der Waals surface area contributed by atoms with E-state index in [0.29, 0.717) is 12.1 Å². The molecule has 2 aliphatic rings. The van der Waals surface area contributed by atoms with Crippen molar-refractivity contribution < 1.29 is 4.79 Å². The van der Waals surface area contributed by atoms with Crippen LogP contribution < -0.4 is 5.32 Å². The van der Waals surface area contributed by atoms with E-state index in [2.05, 4.69) is 40.0 Å². The maximum Gasteiger partial charge on any atom is 0.270 e. The third kappa shape index (κ3) is 3.03. The quantitative estimate of drug-likeness (QED) is 0.895. The average Bonchev–Trinajstić information content (AvgIpc) is 2.80. The van der Waals surface area contributed by atoms with Gasteiger partial charge in [-0.1, -0.05) is 0 Å². The number of amides is 1. The first kappa shape index (κ1) is 15.1. The van der Waals surface area contributed by atoms with Crippen molar-refractivity contribution in [1.82, 2.24) is 19.7 Å². The molecule has 3 rings (SSSR count). The highest BCUT2D eigenvalue weighted by Gasteiger charge is 2.36. The van der Waals surface area contributed by atoms with Crippen molar-refractivity contribution in [3.8, 4) is 0 Å². The normalized spacial score (nSPS) is 20.9. The number of carbonyl (C=O) groups excluding carboxylic acids is 1. The molecule has 3 heterocycles. The van der Waals surface area contributed by atoms with Gasteiger partial charge in [0.15, 0.2) is 0 Å². The average molecular weight is 355 g/mol. The summed E-state index contributed by atoms with van der Waals surface area (Å²) in [6.45, 7) is 10.2. The Kier molecular flexibility index (Phi) is 4.38. The number of aromatic nitrogens is 1. The van der Waals surface area contributed by atoms with E-state index in [1.807, 2.05) is 21.7 Å². The van der Waals surface area contributed by atoms with E-state index >= 15 is 0 Å². The third-order valence-electron chi connectivity index (χ3n) is 4.41. The van der Waals surface area contributed by atoms with Crippen molar-refractivity contribution in [3.63, 3.8) is 0 Å². The minimum Gasteiger partial charge on any atom is -0.340 e. The van der Waals surface area contributed by atoms with E-state index in [4.69, 9.17) is 0 Å². The summed E-state index contributed by atoms with van der Waals surface area (Å²) in [6.07, 6.45) is 1.99. The SMILES string of the molecule is CC(C)n1cc(Br)cc1C(=O)N1CC(N2CCNCC2)C1. The van der Waals surface area contributed by atoms with Gasteiger partial charge in [0.1, 0.15) is 5.69 Å². The summed E-state index contributed by atoms with van der Waals surface area (Å²) in [5.74, 6) is 0.154. The number of nitrogens with zero attached hydrogens (tertiary/aromatic N) is 3. The highest BCUT2D eigenvalue weighted by atomic mass is 79.9. The van der Waals surface area contributed by atoms with E-state index < -0.39 is 0 Å². The molecule has 2 saturated heterocycles. The highest BCUT2D eigenvalue weighted by Crippen LogP contribution is 2.24. The lowest BCUT2D eigenvalue weighted by molar-refractivity contribution is 0.0218. The Morgan fingerprint density at radius 1 is 1.33 bits per heavy atom. The van der Waals surface area contributed by atoms with Crippen molar-refractivity contribution in [2.45, 2.75) is 25.9 Å². The van der Waals surface area contributed by atoms with Gasteiger partial charge in [0.2, 0.25) is 0 Å². The van der Waals surface area contributed by atoms with E-state index in [1.54, 1.807) is 0 Å². The molecule has 2 aliphatic heterocycles. The van der Waals surface area contributed by atoms with Gasteiger partial charge in [-0.3, -0.25) is 9.69 Å². The minimum absolute atomic E-state index is 0.154. The first-order chi connectivity index (χ1) is 10.1. The Hall–Kier alpha value is -0.850. The first-order valence-electron chi connectivity index (χ1n) is 7.67. The molecule has 21 heavy (non-hydrogen) atoms. The molecule has 0 aliphatic carbocycles. The molecule has 1 amide bonds. The predicted octanol–water partition coefficient (Wildman–Crippen LogP) is 1.56. The topological polar surface area (TPSA) is 40.5 Å². The van der Waals surface area contributed by atoms with Crippen molar-refractivity contribution in [2.75, 3.05) is 39.3 Å². The molecule has 0 atom stereocenters. The van der Waals surface area contributed by atoms with E-state index in [-0.39, 0.29) is 5.91 Å². The smallest absolute Gasteiger partial charge is 0.270 e. The van der Waals surface area contributed by atoms with E-state index in [1.165, 1.54) is 0 Å². The first-order valence-corrected chi connectivity index (χ1v) is 8.47. The Balaban J connectivity index is 1.63. The van der Waals surface area contributed by atoms with Crippen LogP contribution in [0.1, 0.15) is 30.4 Å². The lowest BCUT2D eigenvalue weighted by Gasteiger charge is -2.46. The fourth-order valence-electron chi connectivity index (χ4n) is 3.11. The monoisotopic (exact) mass is 354 g/mol. The predicted molar refractivity (Wildman–Crippen MR) is 86.7 cm³/mol. The molecule has 0 spiro atoms. The number of nitrogens with one attached hydrogen (secondary N) is 1. The van der Waals surface area contributed by atoms with Crippen LogP contribution in [0.15, 0.2) is 16.7 Å². The Morgan fingerprint density at radius 2 is 2.00 bits per heavy atom. The Morgan fingerprint density at radius 3 is 2.62 bits per heavy atom. The molecule has 0 unspecified atom stereocenters. The number of hydrogen-bond donors (Lipinski definition) is 1. The van der Waals surface area contributed by atoms with Gasteiger partial charge in [-0.25, -0.2) is 0 Å². The number of carbonyl (C=O) groups is 1. The maximum absolute atomic E-state index is 12.6. The van der Waals surface area contributed by atoms with Gasteiger partial charge in [-0.15, -0.1) is 0 Å². The van der Waals surface area contributed by atoms with Crippen LogP contribution >= 0.6 is 15.9 Å². The van der Waals surface area contributed by atoms with Gasteiger partial charge in [0.25, 0.3) is 5.91 Å². The van der Waals surface area contributed by atoms with Crippen molar-refractivity contribution in [2.24, 2.45) is 0 Å². The summed E-state index contributed by atoms with van der Waals surface area (Å²) in [5, 5.41) is 3.37. The second-order valence-corrected chi connectivity index (χ2v) is 7.11. The van der Waals surface area contributed by atoms with Gasteiger partial charge in [-0.2, -0.15) is 0 Å². The summed E-state index contributed by atoms with van der Waals surface area (Å²) in [4.78, 5) is 17.1. The van der Waals surface area contributed by atoms with Gasteiger partial charge >= 0.3 is 0 Å². The van der Waals surface area contributed by atoms with Crippen LogP contribution in [-0.2, 0) is 0 Å². The van der Waals surface area contributed by atoms with E-state index in [0.717, 1.165) is 49.4 Å². The van der Waals surface area contributed by atoms with Crippen molar-refractivity contribution >= 4 is 21.8 Å².